The summed E-state index contributed by atoms with van der Waals surface area (Å²) < 4.78 is 10.3. The molecule has 0 heterocycles. The third kappa shape index (κ3) is 3.26. The molecule has 2 aromatic carbocycles. The Kier molecular flexibility index (Phi) is 5.14. The maximum Gasteiger partial charge on any atom is 0.307 e. The lowest BCUT2D eigenvalue weighted by atomic mass is 9.66. The largest absolute Gasteiger partial charge is 0.504 e. The van der Waals surface area contributed by atoms with Gasteiger partial charge in [-0.2, -0.15) is 0 Å². The smallest absolute Gasteiger partial charge is 0.307 e. The van der Waals surface area contributed by atoms with Crippen LogP contribution in [0.5, 0.6) is 23.0 Å². The molecule has 0 fully saturated rings. The number of fused-ring (bicyclic) bond motifs is 1. The van der Waals surface area contributed by atoms with E-state index in [1.165, 1.54) is 20.3 Å². The molecule has 27 heavy (non-hydrogen) atoms. The number of aliphatic hydroxyl groups is 1. The summed E-state index contributed by atoms with van der Waals surface area (Å²) in [6, 6.07) is 7.95. The number of aromatic hydroxyl groups is 2. The molecule has 0 unspecified atom stereocenters. The quantitative estimate of drug-likeness (QED) is 0.633. The van der Waals surface area contributed by atoms with Gasteiger partial charge in [-0.3, -0.25) is 4.79 Å². The van der Waals surface area contributed by atoms with Crippen LogP contribution in [0.2, 0.25) is 0 Å². The number of aliphatic hydroxyl groups excluding tert-OH is 1. The highest BCUT2D eigenvalue weighted by molar-refractivity contribution is 5.72. The predicted molar refractivity (Wildman–Crippen MR) is 96.6 cm³/mol. The van der Waals surface area contributed by atoms with Crippen LogP contribution in [-0.2, 0) is 11.2 Å². The van der Waals surface area contributed by atoms with Crippen molar-refractivity contribution in [3.63, 3.8) is 0 Å². The Morgan fingerprint density at radius 1 is 1.07 bits per heavy atom. The number of methoxy groups -OCH3 is 2. The zero-order chi connectivity index (χ0) is 19.7. The lowest BCUT2D eigenvalue weighted by Gasteiger charge is -2.37. The number of phenols is 2. The van der Waals surface area contributed by atoms with Gasteiger partial charge in [-0.25, -0.2) is 0 Å². The van der Waals surface area contributed by atoms with E-state index >= 15 is 0 Å². The van der Waals surface area contributed by atoms with E-state index in [1.54, 1.807) is 24.3 Å². The highest BCUT2D eigenvalue weighted by Crippen LogP contribution is 2.47. The van der Waals surface area contributed by atoms with E-state index in [9.17, 15) is 25.2 Å². The van der Waals surface area contributed by atoms with Gasteiger partial charge >= 0.3 is 5.97 Å². The summed E-state index contributed by atoms with van der Waals surface area (Å²) >= 11 is 0. The maximum atomic E-state index is 11.9. The van der Waals surface area contributed by atoms with E-state index in [0.717, 1.165) is 11.1 Å². The number of phenolic OH excluding ortho intramolecular Hbond substituents is 2. The summed E-state index contributed by atoms with van der Waals surface area (Å²) in [7, 11) is 2.85. The molecule has 0 spiro atoms. The molecule has 144 valence electrons. The van der Waals surface area contributed by atoms with Crippen LogP contribution in [-0.4, -0.2) is 47.2 Å². The first-order chi connectivity index (χ1) is 12.9. The van der Waals surface area contributed by atoms with Crippen LogP contribution in [0.1, 0.15) is 22.6 Å². The van der Waals surface area contributed by atoms with E-state index in [0.29, 0.717) is 5.56 Å². The van der Waals surface area contributed by atoms with Crippen molar-refractivity contribution in [3.05, 3.63) is 47.0 Å². The average Bonchev–Trinajstić information content (AvgIpc) is 2.66. The molecule has 0 aliphatic heterocycles. The number of carboxylic acids is 1. The Balaban J connectivity index is 2.22. The van der Waals surface area contributed by atoms with Gasteiger partial charge < -0.3 is 29.9 Å². The second-order valence-corrected chi connectivity index (χ2v) is 6.63. The number of hydrogen-bond donors (Lipinski definition) is 4. The fourth-order valence-electron chi connectivity index (χ4n) is 3.93. The molecule has 3 rings (SSSR count). The lowest BCUT2D eigenvalue weighted by molar-refractivity contribution is -0.144. The first kappa shape index (κ1) is 18.8. The van der Waals surface area contributed by atoms with Gasteiger partial charge in [-0.15, -0.1) is 0 Å². The highest BCUT2D eigenvalue weighted by Gasteiger charge is 2.41. The van der Waals surface area contributed by atoms with Crippen molar-refractivity contribution in [3.8, 4) is 23.0 Å². The summed E-state index contributed by atoms with van der Waals surface area (Å²) in [6.07, 6.45) is 0.220. The molecule has 0 aromatic heterocycles. The van der Waals surface area contributed by atoms with Crippen molar-refractivity contribution in [2.45, 2.75) is 12.3 Å². The van der Waals surface area contributed by atoms with Crippen molar-refractivity contribution >= 4 is 5.97 Å². The fraction of sp³-hybridized carbons (Fsp3) is 0.350. The number of carboxylic acid groups (broad SMARTS) is 1. The molecule has 7 heteroatoms. The first-order valence-corrected chi connectivity index (χ1v) is 8.51. The fourth-order valence-corrected chi connectivity index (χ4v) is 3.93. The molecular weight excluding hydrogens is 352 g/mol. The van der Waals surface area contributed by atoms with Gasteiger partial charge in [-0.05, 0) is 47.4 Å². The zero-order valence-electron chi connectivity index (χ0n) is 15.0. The second kappa shape index (κ2) is 7.36. The van der Waals surface area contributed by atoms with Gasteiger partial charge in [0.2, 0.25) is 0 Å². The van der Waals surface area contributed by atoms with Crippen LogP contribution in [0, 0.1) is 11.8 Å². The third-order valence-electron chi connectivity index (χ3n) is 5.25. The molecule has 7 nitrogen and oxygen atoms in total. The summed E-state index contributed by atoms with van der Waals surface area (Å²) in [6.45, 7) is -0.336. The number of rotatable bonds is 5. The topological polar surface area (TPSA) is 116 Å². The Labute approximate surface area is 156 Å². The number of hydrogen-bond acceptors (Lipinski definition) is 6. The van der Waals surface area contributed by atoms with Gasteiger partial charge in [0.25, 0.3) is 0 Å². The van der Waals surface area contributed by atoms with E-state index < -0.39 is 23.7 Å². The molecule has 2 aromatic rings. The third-order valence-corrected chi connectivity index (χ3v) is 5.25. The summed E-state index contributed by atoms with van der Waals surface area (Å²) in [5.74, 6) is -2.47. The Morgan fingerprint density at radius 2 is 1.74 bits per heavy atom. The van der Waals surface area contributed by atoms with Crippen LogP contribution in [0.3, 0.4) is 0 Å². The molecule has 0 radical (unpaired) electrons. The van der Waals surface area contributed by atoms with Crippen molar-refractivity contribution < 1.29 is 34.7 Å². The molecular formula is C20H22O7. The van der Waals surface area contributed by atoms with Gasteiger partial charge in [0.05, 0.1) is 20.1 Å². The first-order valence-electron chi connectivity index (χ1n) is 8.51. The van der Waals surface area contributed by atoms with E-state index in [-0.39, 0.29) is 36.0 Å². The van der Waals surface area contributed by atoms with E-state index in [4.69, 9.17) is 9.47 Å². The van der Waals surface area contributed by atoms with Crippen LogP contribution in [0.25, 0.3) is 0 Å². The van der Waals surface area contributed by atoms with Gasteiger partial charge in [0.1, 0.15) is 0 Å². The standard InChI is InChI=1S/C20H22O7/c1-26-17-6-10(3-4-15(17)22)19-12-8-16(23)18(27-2)7-11(12)5-13(20(24)25)14(19)9-21/h3-4,6-8,13-14,19,21-23H,5,9H2,1-2H3,(H,24,25)/t13-,14+,19-/m1/s1. The minimum Gasteiger partial charge on any atom is -0.504 e. The van der Waals surface area contributed by atoms with Crippen LogP contribution in [0.15, 0.2) is 30.3 Å². The maximum absolute atomic E-state index is 11.9. The second-order valence-electron chi connectivity index (χ2n) is 6.63. The van der Waals surface area contributed by atoms with Crippen LogP contribution >= 0.6 is 0 Å². The highest BCUT2D eigenvalue weighted by atomic mass is 16.5. The molecule has 0 saturated heterocycles. The van der Waals surface area contributed by atoms with Crippen molar-refractivity contribution in [1.29, 1.82) is 0 Å². The number of aliphatic carboxylic acids is 1. The molecule has 0 bridgehead atoms. The van der Waals surface area contributed by atoms with Crippen LogP contribution in [0.4, 0.5) is 0 Å². The SMILES string of the molecule is COc1cc([C@@H]2c3cc(O)c(OC)cc3C[C@@H](C(=O)O)[C@@H]2CO)ccc1O. The molecule has 0 amide bonds. The number of ether oxygens (including phenoxy) is 2. The van der Waals surface area contributed by atoms with Crippen molar-refractivity contribution in [2.24, 2.45) is 11.8 Å². The molecule has 1 aliphatic carbocycles. The van der Waals surface area contributed by atoms with E-state index in [2.05, 4.69) is 0 Å². The molecule has 3 atom stereocenters. The number of benzene rings is 2. The normalized spacial score (nSPS) is 21.4. The summed E-state index contributed by atoms with van der Waals surface area (Å²) in [4.78, 5) is 11.9. The predicted octanol–water partition coefficient (Wildman–Crippen LogP) is 2.11. The summed E-state index contributed by atoms with van der Waals surface area (Å²) in [5.41, 5.74) is 2.14. The van der Waals surface area contributed by atoms with Crippen molar-refractivity contribution in [2.75, 3.05) is 20.8 Å². The Hall–Kier alpha value is -2.93. The molecule has 1 aliphatic rings. The molecule has 0 saturated carbocycles. The monoisotopic (exact) mass is 374 g/mol. The number of carbonyl (C=O) groups is 1. The minimum atomic E-state index is -0.998. The van der Waals surface area contributed by atoms with Crippen LogP contribution < -0.4 is 9.47 Å². The summed E-state index contributed by atoms with van der Waals surface area (Å²) in [5, 5.41) is 39.8. The zero-order valence-corrected chi connectivity index (χ0v) is 15.0. The van der Waals surface area contributed by atoms with Gasteiger partial charge in [0.15, 0.2) is 23.0 Å². The minimum absolute atomic E-state index is 0.0369. The molecule has 4 N–H and O–H groups in total. The van der Waals surface area contributed by atoms with E-state index in [1.807, 2.05) is 0 Å². The van der Waals surface area contributed by atoms with Gasteiger partial charge in [-0.1, -0.05) is 6.07 Å². The lowest BCUT2D eigenvalue weighted by Crippen LogP contribution is -2.37. The Bertz CT molecular complexity index is 862. The van der Waals surface area contributed by atoms with Crippen molar-refractivity contribution in [1.82, 2.24) is 0 Å². The van der Waals surface area contributed by atoms with Gasteiger partial charge in [0, 0.05) is 18.4 Å². The Morgan fingerprint density at radius 3 is 2.33 bits per heavy atom. The average molecular weight is 374 g/mol.